The third kappa shape index (κ3) is 5.77. The van der Waals surface area contributed by atoms with Crippen molar-refractivity contribution in [1.29, 1.82) is 0 Å². The number of alkyl halides is 3. The number of hydrogen-bond donors (Lipinski definition) is 2. The molecule has 0 radical (unpaired) electrons. The van der Waals surface area contributed by atoms with Crippen LogP contribution in [0.2, 0.25) is 0 Å². The highest BCUT2D eigenvalue weighted by Crippen LogP contribution is 2.39. The first-order chi connectivity index (χ1) is 15.7. The second-order valence-corrected chi connectivity index (χ2v) is 8.96. The van der Waals surface area contributed by atoms with Crippen molar-refractivity contribution >= 4 is 29.3 Å². The maximum Gasteiger partial charge on any atom is 0.418 e. The number of para-hydroxylation sites is 1. The molecule has 1 aromatic heterocycles. The first-order valence-electron chi connectivity index (χ1n) is 10.5. The van der Waals surface area contributed by atoms with Crippen molar-refractivity contribution in [2.45, 2.75) is 30.1 Å². The van der Waals surface area contributed by atoms with Crippen LogP contribution in [0, 0.1) is 0 Å². The van der Waals surface area contributed by atoms with Crippen LogP contribution >= 0.6 is 11.8 Å². The van der Waals surface area contributed by atoms with E-state index in [4.69, 9.17) is 5.84 Å². The predicted octanol–water partition coefficient (Wildman–Crippen LogP) is 1.76. The molecule has 1 saturated heterocycles. The molecule has 2 aromatic rings. The van der Waals surface area contributed by atoms with Gasteiger partial charge in [0.25, 0.3) is 0 Å². The summed E-state index contributed by atoms with van der Waals surface area (Å²) in [6, 6.07) is 4.87. The van der Waals surface area contributed by atoms with Gasteiger partial charge in [-0.15, -0.1) is 10.2 Å². The third-order valence-corrected chi connectivity index (χ3v) is 6.48. The second kappa shape index (κ2) is 9.59. The minimum Gasteiger partial charge on any atom is -0.339 e. The number of nitrogens with two attached hydrogens (primary N) is 1. The fourth-order valence-corrected chi connectivity index (χ4v) is 4.38. The van der Waals surface area contributed by atoms with E-state index in [-0.39, 0.29) is 23.9 Å². The Bertz CT molecular complexity index is 1020. The summed E-state index contributed by atoms with van der Waals surface area (Å²) in [7, 11) is 0. The number of halogens is 3. The number of carbonyl (C=O) groups is 2. The maximum absolute atomic E-state index is 13.1. The van der Waals surface area contributed by atoms with E-state index in [1.165, 1.54) is 34.6 Å². The highest BCUT2D eigenvalue weighted by atomic mass is 32.2. The van der Waals surface area contributed by atoms with Gasteiger partial charge in [-0.25, -0.2) is 4.68 Å². The van der Waals surface area contributed by atoms with E-state index in [2.05, 4.69) is 15.5 Å². The summed E-state index contributed by atoms with van der Waals surface area (Å²) in [5.41, 5.74) is -1.15. The van der Waals surface area contributed by atoms with Crippen LogP contribution < -0.4 is 11.2 Å². The number of anilines is 1. The van der Waals surface area contributed by atoms with Crippen molar-refractivity contribution in [3.05, 3.63) is 35.7 Å². The number of nitrogens with one attached hydrogen (secondary N) is 1. The number of nitrogen functional groups attached to an aromatic ring is 1. The van der Waals surface area contributed by atoms with E-state index in [0.29, 0.717) is 37.3 Å². The predicted molar refractivity (Wildman–Crippen MR) is 116 cm³/mol. The molecule has 2 fully saturated rings. The Balaban J connectivity index is 1.22. The van der Waals surface area contributed by atoms with E-state index in [9.17, 15) is 22.8 Å². The number of rotatable bonds is 7. The van der Waals surface area contributed by atoms with Gasteiger partial charge in [0.15, 0.2) is 5.82 Å². The fourth-order valence-electron chi connectivity index (χ4n) is 3.61. The summed E-state index contributed by atoms with van der Waals surface area (Å²) < 4.78 is 40.7. The van der Waals surface area contributed by atoms with Crippen LogP contribution in [-0.4, -0.2) is 75.0 Å². The molecule has 1 aliphatic heterocycles. The molecule has 1 aromatic carbocycles. The minimum atomic E-state index is -4.55. The number of piperazine rings is 1. The van der Waals surface area contributed by atoms with Crippen molar-refractivity contribution in [1.82, 2.24) is 24.7 Å². The Morgan fingerprint density at radius 1 is 1.12 bits per heavy atom. The van der Waals surface area contributed by atoms with E-state index in [0.717, 1.165) is 24.7 Å². The smallest absolute Gasteiger partial charge is 0.339 e. The fraction of sp³-hybridized carbons (Fsp3) is 0.500. The lowest BCUT2D eigenvalue weighted by Crippen LogP contribution is -2.51. The monoisotopic (exact) mass is 483 g/mol. The van der Waals surface area contributed by atoms with Gasteiger partial charge in [0.2, 0.25) is 17.0 Å². The largest absolute Gasteiger partial charge is 0.418 e. The van der Waals surface area contributed by atoms with Gasteiger partial charge in [-0.05, 0) is 25.0 Å². The molecule has 2 aliphatic rings. The summed E-state index contributed by atoms with van der Waals surface area (Å²) >= 11 is 1.23. The zero-order chi connectivity index (χ0) is 23.6. The Labute approximate surface area is 192 Å². The standard InChI is InChI=1S/C20H24F3N7O2S/c21-20(22,23)14-3-1-2-4-15(14)25-16(31)11-28-7-9-29(10-8-28)17(32)12-33-19-27-26-18(30(19)24)13-5-6-13/h1-4,13H,5-12,24H2,(H,25,31). The summed E-state index contributed by atoms with van der Waals surface area (Å²) in [6.07, 6.45) is -2.45. The van der Waals surface area contributed by atoms with Gasteiger partial charge in [0.05, 0.1) is 23.5 Å². The van der Waals surface area contributed by atoms with Crippen LogP contribution in [0.1, 0.15) is 30.1 Å². The Hall–Kier alpha value is -2.80. The first kappa shape index (κ1) is 23.4. The molecule has 4 rings (SSSR count). The topological polar surface area (TPSA) is 109 Å². The van der Waals surface area contributed by atoms with Crippen LogP contribution in [0.3, 0.4) is 0 Å². The van der Waals surface area contributed by atoms with Gasteiger partial charge in [0, 0.05) is 32.1 Å². The molecule has 1 saturated carbocycles. The average molecular weight is 484 g/mol. The van der Waals surface area contributed by atoms with Crippen LogP contribution in [0.25, 0.3) is 0 Å². The molecular weight excluding hydrogens is 459 g/mol. The van der Waals surface area contributed by atoms with E-state index in [1.54, 1.807) is 9.80 Å². The van der Waals surface area contributed by atoms with Gasteiger partial charge in [-0.1, -0.05) is 23.9 Å². The zero-order valence-corrected chi connectivity index (χ0v) is 18.5. The number of aromatic nitrogens is 3. The molecule has 3 N–H and O–H groups in total. The summed E-state index contributed by atoms with van der Waals surface area (Å²) in [4.78, 5) is 28.3. The third-order valence-electron chi connectivity index (χ3n) is 5.56. The molecular formula is C20H24F3N7O2S. The molecule has 33 heavy (non-hydrogen) atoms. The molecule has 178 valence electrons. The van der Waals surface area contributed by atoms with Crippen molar-refractivity contribution in [2.24, 2.45) is 0 Å². The molecule has 2 heterocycles. The first-order valence-corrected chi connectivity index (χ1v) is 11.5. The molecule has 1 aliphatic carbocycles. The minimum absolute atomic E-state index is 0.0524. The Kier molecular flexibility index (Phi) is 6.79. The number of benzene rings is 1. The quantitative estimate of drug-likeness (QED) is 0.456. The van der Waals surface area contributed by atoms with Crippen LogP contribution in [0.4, 0.5) is 18.9 Å². The Morgan fingerprint density at radius 2 is 1.82 bits per heavy atom. The lowest BCUT2D eigenvalue weighted by molar-refractivity contribution is -0.137. The highest BCUT2D eigenvalue weighted by Gasteiger charge is 2.34. The maximum atomic E-state index is 13.1. The Morgan fingerprint density at radius 3 is 2.48 bits per heavy atom. The number of thioether (sulfide) groups is 1. The lowest BCUT2D eigenvalue weighted by Gasteiger charge is -2.34. The lowest BCUT2D eigenvalue weighted by atomic mass is 10.1. The van der Waals surface area contributed by atoms with Crippen LogP contribution in [-0.2, 0) is 15.8 Å². The molecule has 0 spiro atoms. The summed E-state index contributed by atoms with van der Waals surface area (Å²) in [6.45, 7) is 1.69. The van der Waals surface area contributed by atoms with Crippen LogP contribution in [0.5, 0.6) is 0 Å². The van der Waals surface area contributed by atoms with Gasteiger partial charge >= 0.3 is 6.18 Å². The molecule has 0 atom stereocenters. The zero-order valence-electron chi connectivity index (χ0n) is 17.7. The number of nitrogens with zero attached hydrogens (tertiary/aromatic N) is 5. The highest BCUT2D eigenvalue weighted by molar-refractivity contribution is 7.99. The van der Waals surface area contributed by atoms with Crippen molar-refractivity contribution < 1.29 is 22.8 Å². The van der Waals surface area contributed by atoms with E-state index >= 15 is 0 Å². The van der Waals surface area contributed by atoms with Crippen molar-refractivity contribution in [3.63, 3.8) is 0 Å². The number of carbonyl (C=O) groups excluding carboxylic acids is 2. The van der Waals surface area contributed by atoms with Gasteiger partial charge in [-0.2, -0.15) is 13.2 Å². The van der Waals surface area contributed by atoms with Gasteiger partial charge in [-0.3, -0.25) is 14.5 Å². The SMILES string of the molecule is Nn1c(SCC(=O)N2CCN(CC(=O)Nc3ccccc3C(F)(F)F)CC2)nnc1C1CC1. The molecule has 0 unspecified atom stereocenters. The van der Waals surface area contributed by atoms with E-state index in [1.807, 2.05) is 0 Å². The van der Waals surface area contributed by atoms with Gasteiger partial charge in [0.1, 0.15) is 0 Å². The molecule has 13 heteroatoms. The number of amides is 2. The average Bonchev–Trinajstić information content (AvgIpc) is 3.55. The van der Waals surface area contributed by atoms with Crippen molar-refractivity contribution in [3.8, 4) is 0 Å². The summed E-state index contributed by atoms with van der Waals surface area (Å²) in [5, 5.41) is 11.0. The molecule has 0 bridgehead atoms. The normalized spacial score (nSPS) is 17.2. The second-order valence-electron chi connectivity index (χ2n) is 8.02. The summed E-state index contributed by atoms with van der Waals surface area (Å²) in [5.74, 6) is 6.68. The number of hydrogen-bond acceptors (Lipinski definition) is 7. The molecule has 9 nitrogen and oxygen atoms in total. The van der Waals surface area contributed by atoms with E-state index < -0.39 is 17.6 Å². The molecule has 2 amide bonds. The van der Waals surface area contributed by atoms with Crippen LogP contribution in [0.15, 0.2) is 29.4 Å². The van der Waals surface area contributed by atoms with Gasteiger partial charge < -0.3 is 16.1 Å². The van der Waals surface area contributed by atoms with Crippen molar-refractivity contribution in [2.75, 3.05) is 49.6 Å².